The van der Waals surface area contributed by atoms with Gasteiger partial charge < -0.3 is 10.2 Å². The number of alkyl halides is 2. The van der Waals surface area contributed by atoms with E-state index in [1.807, 2.05) is 0 Å². The van der Waals surface area contributed by atoms with E-state index in [0.29, 0.717) is 32.1 Å². The normalized spacial score (nSPS) is 48.6. The fourth-order valence-electron chi connectivity index (χ4n) is 4.21. The number of piperidine rings is 1. The van der Waals surface area contributed by atoms with Gasteiger partial charge in [-0.1, -0.05) is 22.0 Å². The van der Waals surface area contributed by atoms with Crippen LogP contribution in [-0.2, 0) is 0 Å². The van der Waals surface area contributed by atoms with Crippen LogP contribution in [0.2, 0.25) is 0 Å². The molecule has 0 radical (unpaired) electrons. The molecule has 0 aromatic carbocycles. The van der Waals surface area contributed by atoms with Crippen molar-refractivity contribution in [3.63, 3.8) is 0 Å². The maximum absolute atomic E-state index is 14.3. The number of likely N-dealkylation sites (tertiary alicyclic amines) is 1. The van der Waals surface area contributed by atoms with Gasteiger partial charge in [-0.25, -0.2) is 8.78 Å². The third kappa shape index (κ3) is 2.92. The lowest BCUT2D eigenvalue weighted by Gasteiger charge is -2.52. The van der Waals surface area contributed by atoms with Gasteiger partial charge in [-0.2, -0.15) is 0 Å². The van der Waals surface area contributed by atoms with Crippen molar-refractivity contribution >= 4 is 15.9 Å². The van der Waals surface area contributed by atoms with Crippen LogP contribution in [0.1, 0.15) is 38.5 Å². The summed E-state index contributed by atoms with van der Waals surface area (Å²) in [4.78, 5) is 1.73. The van der Waals surface area contributed by atoms with Gasteiger partial charge in [0.2, 0.25) is 0 Å². The van der Waals surface area contributed by atoms with E-state index in [1.54, 1.807) is 4.90 Å². The van der Waals surface area contributed by atoms with E-state index in [-0.39, 0.29) is 16.8 Å². The zero-order valence-corrected chi connectivity index (χ0v) is 13.4. The number of allylic oxidation sites excluding steroid dienone is 1. The van der Waals surface area contributed by atoms with Crippen LogP contribution in [0.5, 0.6) is 0 Å². The van der Waals surface area contributed by atoms with E-state index in [4.69, 9.17) is 0 Å². The van der Waals surface area contributed by atoms with Crippen molar-refractivity contribution in [2.45, 2.75) is 73.9 Å². The Morgan fingerprint density at radius 1 is 1.19 bits per heavy atom. The molecular formula is C15H22BrF2NO2. The quantitative estimate of drug-likeness (QED) is 0.702. The van der Waals surface area contributed by atoms with E-state index in [9.17, 15) is 19.0 Å². The number of hydrogen-bond donors (Lipinski definition) is 2. The molecule has 7 atom stereocenters. The highest BCUT2D eigenvalue weighted by molar-refractivity contribution is 9.09. The molecule has 120 valence electrons. The highest BCUT2D eigenvalue weighted by atomic mass is 79.9. The summed E-state index contributed by atoms with van der Waals surface area (Å²) in [5, 5.41) is 20.3. The summed E-state index contributed by atoms with van der Waals surface area (Å²) in [6.07, 6.45) is 1.99. The first kappa shape index (κ1) is 15.8. The molecule has 3 nitrogen and oxygen atoms in total. The predicted octanol–water partition coefficient (Wildman–Crippen LogP) is 2.66. The minimum absolute atomic E-state index is 0.134. The molecule has 0 amide bonds. The number of nitrogens with zero attached hydrogens (tertiary/aromatic N) is 1. The molecule has 21 heavy (non-hydrogen) atoms. The van der Waals surface area contributed by atoms with Crippen molar-refractivity contribution in [2.24, 2.45) is 5.92 Å². The average molecular weight is 366 g/mol. The first-order chi connectivity index (χ1) is 9.99. The molecule has 2 aliphatic carbocycles. The number of rotatable bonds is 1. The maximum Gasteiger partial charge on any atom is 0.122 e. The Balaban J connectivity index is 1.90. The van der Waals surface area contributed by atoms with Gasteiger partial charge in [0.25, 0.3) is 0 Å². The Morgan fingerprint density at radius 3 is 2.67 bits per heavy atom. The van der Waals surface area contributed by atoms with Crippen molar-refractivity contribution in [1.82, 2.24) is 4.90 Å². The second kappa shape index (κ2) is 6.22. The first-order valence-electron chi connectivity index (χ1n) is 7.76. The molecule has 3 rings (SSSR count). The molecule has 0 bridgehead atoms. The van der Waals surface area contributed by atoms with Crippen molar-refractivity contribution in [1.29, 1.82) is 0 Å². The molecule has 2 fully saturated rings. The molecule has 0 aromatic heterocycles. The summed E-state index contributed by atoms with van der Waals surface area (Å²) in [5.74, 6) is -0.252. The maximum atomic E-state index is 14.3. The summed E-state index contributed by atoms with van der Waals surface area (Å²) in [5.41, 5.74) is 0. The van der Waals surface area contributed by atoms with E-state index >= 15 is 0 Å². The minimum Gasteiger partial charge on any atom is -0.393 e. The van der Waals surface area contributed by atoms with E-state index in [1.165, 1.54) is 6.08 Å². The van der Waals surface area contributed by atoms with Crippen LogP contribution < -0.4 is 0 Å². The Morgan fingerprint density at radius 2 is 1.95 bits per heavy atom. The molecule has 1 saturated carbocycles. The van der Waals surface area contributed by atoms with Crippen molar-refractivity contribution in [3.05, 3.63) is 11.9 Å². The van der Waals surface area contributed by atoms with Gasteiger partial charge in [-0.3, -0.25) is 4.90 Å². The molecule has 0 aromatic rings. The topological polar surface area (TPSA) is 43.7 Å². The average Bonchev–Trinajstić information content (AvgIpc) is 2.40. The molecule has 1 saturated heterocycles. The highest BCUT2D eigenvalue weighted by Gasteiger charge is 2.49. The zero-order valence-electron chi connectivity index (χ0n) is 11.8. The van der Waals surface area contributed by atoms with E-state index in [0.717, 1.165) is 6.42 Å². The minimum atomic E-state index is -1.30. The van der Waals surface area contributed by atoms with Gasteiger partial charge in [0.1, 0.15) is 18.2 Å². The Hall–Kier alpha value is -0.0400. The summed E-state index contributed by atoms with van der Waals surface area (Å²) >= 11 is 3.60. The second-order valence-electron chi connectivity index (χ2n) is 6.50. The number of hydrogen-bond acceptors (Lipinski definition) is 3. The fraction of sp³-hybridized carbons (Fsp3) is 0.867. The highest BCUT2D eigenvalue weighted by Crippen LogP contribution is 2.44. The van der Waals surface area contributed by atoms with Crippen LogP contribution in [-0.4, -0.2) is 50.5 Å². The van der Waals surface area contributed by atoms with E-state index < -0.39 is 30.4 Å². The molecule has 1 heterocycles. The number of fused-ring (bicyclic) bond motifs is 1. The van der Waals surface area contributed by atoms with Gasteiger partial charge in [-0.15, -0.1) is 0 Å². The summed E-state index contributed by atoms with van der Waals surface area (Å²) in [6, 6.07) is -1.17. The van der Waals surface area contributed by atoms with E-state index in [2.05, 4.69) is 15.9 Å². The van der Waals surface area contributed by atoms with Crippen LogP contribution in [0.15, 0.2) is 11.9 Å². The van der Waals surface area contributed by atoms with Gasteiger partial charge >= 0.3 is 0 Å². The van der Waals surface area contributed by atoms with Crippen LogP contribution in [0.4, 0.5) is 8.78 Å². The summed E-state index contributed by atoms with van der Waals surface area (Å²) < 4.78 is 28.5. The fourth-order valence-corrected chi connectivity index (χ4v) is 5.25. The molecule has 6 heteroatoms. The smallest absolute Gasteiger partial charge is 0.122 e. The zero-order chi connectivity index (χ0) is 15.1. The van der Waals surface area contributed by atoms with Crippen molar-refractivity contribution in [3.8, 4) is 0 Å². The van der Waals surface area contributed by atoms with Crippen LogP contribution in [0.25, 0.3) is 0 Å². The summed E-state index contributed by atoms with van der Waals surface area (Å²) in [6.45, 7) is 0. The second-order valence-corrected chi connectivity index (χ2v) is 7.68. The van der Waals surface area contributed by atoms with Gasteiger partial charge in [0.05, 0.1) is 12.1 Å². The Kier molecular flexibility index (Phi) is 4.69. The SMILES string of the molecule is OC1CC(Br)C2CC[C@@H](O)N(C3C(F)=CCCC3F)C2C1. The molecule has 2 N–H and O–H groups in total. The van der Waals surface area contributed by atoms with Crippen LogP contribution in [0.3, 0.4) is 0 Å². The van der Waals surface area contributed by atoms with Crippen LogP contribution >= 0.6 is 15.9 Å². The lowest BCUT2D eigenvalue weighted by Crippen LogP contribution is -2.62. The number of halogens is 3. The number of aliphatic hydroxyl groups is 2. The molecule has 6 unspecified atom stereocenters. The molecule has 0 spiro atoms. The predicted molar refractivity (Wildman–Crippen MR) is 79.4 cm³/mol. The summed E-state index contributed by atoms with van der Waals surface area (Å²) in [7, 11) is 0. The molecule has 3 aliphatic rings. The van der Waals surface area contributed by atoms with Crippen LogP contribution in [0, 0.1) is 5.92 Å². The van der Waals surface area contributed by atoms with Gasteiger partial charge in [0, 0.05) is 10.9 Å². The standard InChI is InChI=1S/C15H22BrF2NO2/c16-10-6-8(20)7-13-9(10)4-5-14(21)19(13)15-11(17)2-1-3-12(15)18/h2,8-10,12-15,20-21H,1,3-7H2/t8?,9?,10?,12?,13?,14-,15?/m1/s1. The van der Waals surface area contributed by atoms with Gasteiger partial charge in [-0.05, 0) is 44.4 Å². The monoisotopic (exact) mass is 365 g/mol. The Labute approximate surface area is 132 Å². The van der Waals surface area contributed by atoms with Crippen molar-refractivity contribution in [2.75, 3.05) is 0 Å². The van der Waals surface area contributed by atoms with Gasteiger partial charge in [0.15, 0.2) is 0 Å². The largest absolute Gasteiger partial charge is 0.393 e. The third-order valence-corrected chi connectivity index (χ3v) is 6.24. The molecule has 1 aliphatic heterocycles. The lowest BCUT2D eigenvalue weighted by molar-refractivity contribution is -0.133. The molecular weight excluding hydrogens is 344 g/mol. The van der Waals surface area contributed by atoms with Crippen molar-refractivity contribution < 1.29 is 19.0 Å². The first-order valence-corrected chi connectivity index (χ1v) is 8.68. The third-order valence-electron chi connectivity index (χ3n) is 5.18. The lowest BCUT2D eigenvalue weighted by atomic mass is 9.75. The Bertz CT molecular complexity index is 422. The number of aliphatic hydroxyl groups excluding tert-OH is 2.